The van der Waals surface area contributed by atoms with Gasteiger partial charge in [0.25, 0.3) is 5.91 Å². The van der Waals surface area contributed by atoms with E-state index in [1.807, 2.05) is 30.3 Å². The number of hydrogen-bond donors (Lipinski definition) is 1. The van der Waals surface area contributed by atoms with Crippen molar-refractivity contribution in [3.63, 3.8) is 0 Å². The lowest BCUT2D eigenvalue weighted by Gasteiger charge is -2.32. The lowest BCUT2D eigenvalue weighted by atomic mass is 9.90. The third-order valence-electron chi connectivity index (χ3n) is 5.32. The SMILES string of the molecule is O=C(O)C1CC12CCN(C(=O)c1cc(-c3ccccc3)on1)CC2. The number of piperidine rings is 1. The van der Waals surface area contributed by atoms with E-state index < -0.39 is 5.97 Å². The van der Waals surface area contributed by atoms with Crippen molar-refractivity contribution in [1.29, 1.82) is 0 Å². The zero-order valence-corrected chi connectivity index (χ0v) is 13.1. The number of nitrogens with zero attached hydrogens (tertiary/aromatic N) is 2. The van der Waals surface area contributed by atoms with Gasteiger partial charge in [0, 0.05) is 24.7 Å². The summed E-state index contributed by atoms with van der Waals surface area (Å²) in [5, 5.41) is 13.0. The molecule has 6 heteroatoms. The molecule has 1 atom stereocenters. The fourth-order valence-electron chi connectivity index (χ4n) is 3.68. The van der Waals surface area contributed by atoms with Crippen LogP contribution in [-0.2, 0) is 4.79 Å². The third-order valence-corrected chi connectivity index (χ3v) is 5.32. The molecule has 1 amide bonds. The minimum atomic E-state index is -0.709. The molecule has 1 spiro atoms. The Labute approximate surface area is 139 Å². The molecule has 2 fully saturated rings. The summed E-state index contributed by atoms with van der Waals surface area (Å²) in [6.45, 7) is 1.16. The van der Waals surface area contributed by atoms with Crippen LogP contribution in [0.25, 0.3) is 11.3 Å². The number of carboxylic acid groups (broad SMARTS) is 1. The molecule has 1 saturated heterocycles. The van der Waals surface area contributed by atoms with E-state index in [1.54, 1.807) is 11.0 Å². The van der Waals surface area contributed by atoms with Gasteiger partial charge in [-0.1, -0.05) is 35.5 Å². The van der Waals surface area contributed by atoms with Crippen molar-refractivity contribution in [2.75, 3.05) is 13.1 Å². The molecule has 1 N–H and O–H groups in total. The van der Waals surface area contributed by atoms with Crippen LogP contribution < -0.4 is 0 Å². The molecule has 6 nitrogen and oxygen atoms in total. The Morgan fingerprint density at radius 3 is 2.54 bits per heavy atom. The molecule has 24 heavy (non-hydrogen) atoms. The van der Waals surface area contributed by atoms with Gasteiger partial charge in [-0.2, -0.15) is 0 Å². The first-order valence-electron chi connectivity index (χ1n) is 8.13. The van der Waals surface area contributed by atoms with Crippen LogP contribution in [0.15, 0.2) is 40.9 Å². The highest BCUT2D eigenvalue weighted by molar-refractivity contribution is 5.93. The van der Waals surface area contributed by atoms with Gasteiger partial charge in [-0.3, -0.25) is 9.59 Å². The lowest BCUT2D eigenvalue weighted by molar-refractivity contribution is -0.139. The number of likely N-dealkylation sites (tertiary alicyclic amines) is 1. The van der Waals surface area contributed by atoms with E-state index in [-0.39, 0.29) is 17.2 Å². The Morgan fingerprint density at radius 1 is 1.21 bits per heavy atom. The van der Waals surface area contributed by atoms with Crippen LogP contribution in [0.4, 0.5) is 0 Å². The van der Waals surface area contributed by atoms with Crippen molar-refractivity contribution in [2.45, 2.75) is 19.3 Å². The monoisotopic (exact) mass is 326 g/mol. The van der Waals surface area contributed by atoms with E-state index in [0.29, 0.717) is 24.5 Å². The predicted molar refractivity (Wildman–Crippen MR) is 85.3 cm³/mol. The van der Waals surface area contributed by atoms with Crippen LogP contribution in [-0.4, -0.2) is 40.1 Å². The lowest BCUT2D eigenvalue weighted by Crippen LogP contribution is -2.40. The predicted octanol–water partition coefficient (Wildman–Crippen LogP) is 2.67. The van der Waals surface area contributed by atoms with E-state index in [0.717, 1.165) is 24.8 Å². The second kappa shape index (κ2) is 5.47. The molecule has 0 radical (unpaired) electrons. The van der Waals surface area contributed by atoms with Crippen molar-refractivity contribution >= 4 is 11.9 Å². The summed E-state index contributed by atoms with van der Waals surface area (Å²) < 4.78 is 5.29. The second-order valence-electron chi connectivity index (χ2n) is 6.69. The molecule has 1 aromatic heterocycles. The van der Waals surface area contributed by atoms with Crippen molar-refractivity contribution in [2.24, 2.45) is 11.3 Å². The number of carbonyl (C=O) groups is 2. The Kier molecular flexibility index (Phi) is 3.40. The normalized spacial score (nSPS) is 21.7. The smallest absolute Gasteiger partial charge is 0.307 e. The molecular formula is C18H18N2O4. The van der Waals surface area contributed by atoms with Crippen LogP contribution in [0.5, 0.6) is 0 Å². The van der Waals surface area contributed by atoms with Crippen molar-refractivity contribution < 1.29 is 19.2 Å². The summed E-state index contributed by atoms with van der Waals surface area (Å²) in [5.41, 5.74) is 1.10. The van der Waals surface area contributed by atoms with E-state index in [1.165, 1.54) is 0 Å². The molecule has 1 aromatic carbocycles. The van der Waals surface area contributed by atoms with Crippen LogP contribution in [0.1, 0.15) is 29.8 Å². The molecule has 1 unspecified atom stereocenters. The number of aliphatic carboxylic acids is 1. The first-order valence-corrected chi connectivity index (χ1v) is 8.13. The van der Waals surface area contributed by atoms with Gasteiger partial charge in [0.1, 0.15) is 0 Å². The fourth-order valence-corrected chi connectivity index (χ4v) is 3.68. The summed E-state index contributed by atoms with van der Waals surface area (Å²) in [4.78, 5) is 25.4. The number of amides is 1. The summed E-state index contributed by atoms with van der Waals surface area (Å²) in [5.74, 6) is -0.519. The van der Waals surface area contributed by atoms with Crippen molar-refractivity contribution in [3.05, 3.63) is 42.1 Å². The van der Waals surface area contributed by atoms with Gasteiger partial charge in [-0.05, 0) is 24.7 Å². The molecule has 4 rings (SSSR count). The molecule has 124 valence electrons. The van der Waals surface area contributed by atoms with Crippen LogP contribution in [0.2, 0.25) is 0 Å². The van der Waals surface area contributed by atoms with E-state index >= 15 is 0 Å². The highest BCUT2D eigenvalue weighted by Crippen LogP contribution is 2.59. The molecular weight excluding hydrogens is 308 g/mol. The average Bonchev–Trinajstić information content (AvgIpc) is 3.09. The number of aromatic nitrogens is 1. The highest BCUT2D eigenvalue weighted by atomic mass is 16.5. The topological polar surface area (TPSA) is 83.6 Å². The average molecular weight is 326 g/mol. The van der Waals surface area contributed by atoms with E-state index in [9.17, 15) is 9.59 Å². The number of benzene rings is 1. The molecule has 0 bridgehead atoms. The Bertz CT molecular complexity index is 775. The molecule has 1 aliphatic carbocycles. The summed E-state index contributed by atoms with van der Waals surface area (Å²) in [7, 11) is 0. The maximum atomic E-state index is 12.6. The van der Waals surface area contributed by atoms with Crippen LogP contribution >= 0.6 is 0 Å². The van der Waals surface area contributed by atoms with Gasteiger partial charge >= 0.3 is 5.97 Å². The summed E-state index contributed by atoms with van der Waals surface area (Å²) >= 11 is 0. The molecule has 2 heterocycles. The van der Waals surface area contributed by atoms with Gasteiger partial charge in [-0.15, -0.1) is 0 Å². The largest absolute Gasteiger partial charge is 0.481 e. The second-order valence-corrected chi connectivity index (χ2v) is 6.69. The number of rotatable bonds is 3. The Hall–Kier alpha value is -2.63. The van der Waals surface area contributed by atoms with Gasteiger partial charge in [0.05, 0.1) is 5.92 Å². The summed E-state index contributed by atoms with van der Waals surface area (Å²) in [6, 6.07) is 11.2. The van der Waals surface area contributed by atoms with Gasteiger partial charge in [0.2, 0.25) is 0 Å². The minimum Gasteiger partial charge on any atom is -0.481 e. The Balaban J connectivity index is 1.43. The first kappa shape index (κ1) is 14.9. The zero-order chi connectivity index (χ0) is 16.7. The molecule has 2 aliphatic rings. The van der Waals surface area contributed by atoms with Crippen molar-refractivity contribution in [1.82, 2.24) is 10.1 Å². The molecule has 2 aromatic rings. The van der Waals surface area contributed by atoms with Crippen LogP contribution in [0, 0.1) is 11.3 Å². The standard InChI is InChI=1S/C18H18N2O4/c21-16(14-10-15(24-19-14)12-4-2-1-3-5-12)20-8-6-18(7-9-20)11-13(18)17(22)23/h1-5,10,13H,6-9,11H2,(H,22,23). The van der Waals surface area contributed by atoms with Crippen molar-refractivity contribution in [3.8, 4) is 11.3 Å². The highest BCUT2D eigenvalue weighted by Gasteiger charge is 2.59. The zero-order valence-electron chi connectivity index (χ0n) is 13.1. The number of carboxylic acids is 1. The third kappa shape index (κ3) is 2.48. The van der Waals surface area contributed by atoms with Gasteiger partial charge < -0.3 is 14.5 Å². The summed E-state index contributed by atoms with van der Waals surface area (Å²) in [6.07, 6.45) is 2.24. The first-order chi connectivity index (χ1) is 11.6. The number of carbonyl (C=O) groups excluding carboxylic acids is 1. The quantitative estimate of drug-likeness (QED) is 0.937. The maximum Gasteiger partial charge on any atom is 0.307 e. The minimum absolute atomic E-state index is 0.0817. The number of hydrogen-bond acceptors (Lipinski definition) is 4. The molecule has 1 saturated carbocycles. The Morgan fingerprint density at radius 2 is 1.92 bits per heavy atom. The van der Waals surface area contributed by atoms with E-state index in [2.05, 4.69) is 5.16 Å². The van der Waals surface area contributed by atoms with Crippen LogP contribution in [0.3, 0.4) is 0 Å². The maximum absolute atomic E-state index is 12.6. The fraction of sp³-hybridized carbons (Fsp3) is 0.389. The van der Waals surface area contributed by atoms with Gasteiger partial charge in [-0.25, -0.2) is 0 Å². The molecule has 1 aliphatic heterocycles. The van der Waals surface area contributed by atoms with Gasteiger partial charge in [0.15, 0.2) is 11.5 Å². The van der Waals surface area contributed by atoms with E-state index in [4.69, 9.17) is 9.63 Å².